The first-order valence-electron chi connectivity index (χ1n) is 5.20. The molecular weight excluding hydrogens is 257 g/mol. The largest absolute Gasteiger partial charge is 0.492 e. The van der Waals surface area contributed by atoms with E-state index >= 15 is 0 Å². The molecule has 1 aromatic heterocycles. The number of hydrogen-bond acceptors (Lipinski definition) is 3. The molecule has 1 heterocycles. The third-order valence-corrected chi connectivity index (χ3v) is 4.22. The third-order valence-electron chi connectivity index (χ3n) is 2.56. The van der Waals surface area contributed by atoms with Gasteiger partial charge in [-0.25, -0.2) is 12.4 Å². The molecule has 0 fully saturated rings. The molecule has 2 rings (SSSR count). The average molecular weight is 269 g/mol. The Morgan fingerprint density at radius 2 is 1.78 bits per heavy atom. The van der Waals surface area contributed by atoms with E-state index in [2.05, 4.69) is 0 Å². The van der Waals surface area contributed by atoms with E-state index in [1.165, 1.54) is 25.3 Å². The number of methoxy groups -OCH3 is 1. The predicted molar refractivity (Wildman–Crippen MR) is 64.7 cm³/mol. The second kappa shape index (κ2) is 4.45. The highest BCUT2D eigenvalue weighted by Crippen LogP contribution is 2.23. The van der Waals surface area contributed by atoms with Gasteiger partial charge in [0.2, 0.25) is 5.95 Å². The second-order valence-corrected chi connectivity index (χ2v) is 5.60. The van der Waals surface area contributed by atoms with Gasteiger partial charge in [-0.2, -0.15) is 4.39 Å². The van der Waals surface area contributed by atoms with Crippen molar-refractivity contribution in [2.24, 2.45) is 0 Å². The summed E-state index contributed by atoms with van der Waals surface area (Å²) in [5.74, 6) is -1.04. The van der Waals surface area contributed by atoms with E-state index < -0.39 is 16.0 Å². The molecule has 0 saturated carbocycles. The van der Waals surface area contributed by atoms with Crippen LogP contribution in [0.2, 0.25) is 0 Å². The minimum Gasteiger partial charge on any atom is -0.492 e. The van der Waals surface area contributed by atoms with Crippen LogP contribution < -0.4 is 4.74 Å². The van der Waals surface area contributed by atoms with Gasteiger partial charge in [-0.1, -0.05) is 17.7 Å². The van der Waals surface area contributed by atoms with Gasteiger partial charge >= 0.3 is 0 Å². The maximum atomic E-state index is 13.8. The molecule has 0 aliphatic carbocycles. The van der Waals surface area contributed by atoms with E-state index in [-0.39, 0.29) is 10.6 Å². The van der Waals surface area contributed by atoms with Gasteiger partial charge in [0.05, 0.1) is 12.0 Å². The Hall–Kier alpha value is -1.82. The summed E-state index contributed by atoms with van der Waals surface area (Å²) in [4.78, 5) is 0.0326. The van der Waals surface area contributed by atoms with Crippen LogP contribution in [0, 0.1) is 12.9 Å². The minimum atomic E-state index is -3.91. The Morgan fingerprint density at radius 3 is 2.28 bits per heavy atom. The lowest BCUT2D eigenvalue weighted by atomic mass is 10.2. The van der Waals surface area contributed by atoms with Crippen molar-refractivity contribution in [2.45, 2.75) is 11.8 Å². The maximum Gasteiger partial charge on any atom is 0.270 e. The summed E-state index contributed by atoms with van der Waals surface area (Å²) >= 11 is 0. The van der Waals surface area contributed by atoms with Crippen LogP contribution in [0.25, 0.3) is 0 Å². The van der Waals surface area contributed by atoms with Gasteiger partial charge in [-0.05, 0) is 19.1 Å². The van der Waals surface area contributed by atoms with E-state index in [0.717, 1.165) is 11.8 Å². The summed E-state index contributed by atoms with van der Waals surface area (Å²) < 4.78 is 43.4. The molecule has 96 valence electrons. The SMILES string of the molecule is COc1ccn(S(=O)(=O)c2ccc(C)cc2)c1F. The van der Waals surface area contributed by atoms with Crippen LogP contribution in [0.3, 0.4) is 0 Å². The number of halogens is 1. The van der Waals surface area contributed by atoms with Crippen molar-refractivity contribution in [1.29, 1.82) is 0 Å². The summed E-state index contributed by atoms with van der Waals surface area (Å²) in [6.07, 6.45) is 1.13. The van der Waals surface area contributed by atoms with E-state index in [9.17, 15) is 12.8 Å². The molecule has 0 unspecified atom stereocenters. The van der Waals surface area contributed by atoms with Gasteiger partial charge in [-0.3, -0.25) is 0 Å². The molecule has 0 spiro atoms. The Kier molecular flexibility index (Phi) is 3.13. The molecule has 6 heteroatoms. The highest BCUT2D eigenvalue weighted by molar-refractivity contribution is 7.90. The third kappa shape index (κ3) is 1.99. The van der Waals surface area contributed by atoms with Crippen molar-refractivity contribution < 1.29 is 17.5 Å². The molecule has 18 heavy (non-hydrogen) atoms. The first kappa shape index (κ1) is 12.6. The molecule has 0 aliphatic rings. The second-order valence-electron chi connectivity index (χ2n) is 3.79. The van der Waals surface area contributed by atoms with Crippen LogP contribution in [-0.2, 0) is 10.0 Å². The molecule has 0 N–H and O–H groups in total. The van der Waals surface area contributed by atoms with Gasteiger partial charge in [0.1, 0.15) is 0 Å². The fraction of sp³-hybridized carbons (Fsp3) is 0.167. The summed E-state index contributed by atoms with van der Waals surface area (Å²) in [6.45, 7) is 1.84. The smallest absolute Gasteiger partial charge is 0.270 e. The predicted octanol–water partition coefficient (Wildman–Crippen LogP) is 2.18. The number of benzene rings is 1. The van der Waals surface area contributed by atoms with E-state index in [1.807, 2.05) is 6.92 Å². The van der Waals surface area contributed by atoms with Crippen LogP contribution in [0.1, 0.15) is 5.56 Å². The van der Waals surface area contributed by atoms with Crippen molar-refractivity contribution in [3.8, 4) is 5.75 Å². The van der Waals surface area contributed by atoms with E-state index in [4.69, 9.17) is 4.74 Å². The quantitative estimate of drug-likeness (QED) is 0.858. The summed E-state index contributed by atoms with van der Waals surface area (Å²) in [5, 5.41) is 0. The van der Waals surface area contributed by atoms with Crippen molar-refractivity contribution in [2.75, 3.05) is 7.11 Å². The zero-order chi connectivity index (χ0) is 13.3. The lowest BCUT2D eigenvalue weighted by Crippen LogP contribution is -2.14. The fourth-order valence-corrected chi connectivity index (χ4v) is 2.77. The minimum absolute atomic E-state index is 0.0326. The van der Waals surface area contributed by atoms with E-state index in [0.29, 0.717) is 3.97 Å². The van der Waals surface area contributed by atoms with Crippen LogP contribution >= 0.6 is 0 Å². The van der Waals surface area contributed by atoms with Gasteiger partial charge < -0.3 is 4.74 Å². The zero-order valence-corrected chi connectivity index (χ0v) is 10.7. The maximum absolute atomic E-state index is 13.8. The number of nitrogens with zero attached hydrogens (tertiary/aromatic N) is 1. The van der Waals surface area contributed by atoms with Crippen LogP contribution in [-0.4, -0.2) is 19.5 Å². The molecule has 0 atom stereocenters. The molecule has 2 aromatic rings. The molecule has 0 aliphatic heterocycles. The van der Waals surface area contributed by atoms with Gasteiger partial charge in [0.15, 0.2) is 5.75 Å². The van der Waals surface area contributed by atoms with Gasteiger partial charge in [0, 0.05) is 12.3 Å². The molecule has 0 bridgehead atoms. The first-order chi connectivity index (χ1) is 8.46. The first-order valence-corrected chi connectivity index (χ1v) is 6.64. The number of hydrogen-bond donors (Lipinski definition) is 0. The molecule has 0 radical (unpaired) electrons. The molecule has 0 amide bonds. The summed E-state index contributed by atoms with van der Waals surface area (Å²) in [6, 6.07) is 7.46. The van der Waals surface area contributed by atoms with Crippen LogP contribution in [0.15, 0.2) is 41.4 Å². The van der Waals surface area contributed by atoms with Gasteiger partial charge in [0.25, 0.3) is 10.0 Å². The molecular formula is C12H12FNO3S. The van der Waals surface area contributed by atoms with Crippen LogP contribution in [0.4, 0.5) is 4.39 Å². The Labute approximate surface area is 105 Å². The summed E-state index contributed by atoms with van der Waals surface area (Å²) in [5.41, 5.74) is 0.930. The van der Waals surface area contributed by atoms with Crippen molar-refractivity contribution in [1.82, 2.24) is 3.97 Å². The number of aromatic nitrogens is 1. The topological polar surface area (TPSA) is 48.3 Å². The highest BCUT2D eigenvalue weighted by atomic mass is 32.2. The number of rotatable bonds is 3. The highest BCUT2D eigenvalue weighted by Gasteiger charge is 2.22. The monoisotopic (exact) mass is 269 g/mol. The Balaban J connectivity index is 2.54. The molecule has 0 saturated heterocycles. The number of ether oxygens (including phenoxy) is 1. The zero-order valence-electron chi connectivity index (χ0n) is 9.92. The van der Waals surface area contributed by atoms with E-state index in [1.54, 1.807) is 12.1 Å². The average Bonchev–Trinajstić information content (AvgIpc) is 2.71. The lowest BCUT2D eigenvalue weighted by molar-refractivity contribution is 0.380. The van der Waals surface area contributed by atoms with Gasteiger partial charge in [-0.15, -0.1) is 0 Å². The van der Waals surface area contributed by atoms with Crippen molar-refractivity contribution >= 4 is 10.0 Å². The van der Waals surface area contributed by atoms with Crippen molar-refractivity contribution in [3.05, 3.63) is 48.0 Å². The lowest BCUT2D eigenvalue weighted by Gasteiger charge is -2.06. The fourth-order valence-electron chi connectivity index (χ4n) is 1.54. The molecule has 1 aromatic carbocycles. The normalized spacial score (nSPS) is 11.5. The standard InChI is InChI=1S/C12H12FNO3S/c1-9-3-5-10(6-4-9)18(15,16)14-8-7-11(17-2)12(14)13/h3-8H,1-2H3. The Bertz CT molecular complexity index is 659. The van der Waals surface area contributed by atoms with Crippen LogP contribution in [0.5, 0.6) is 5.75 Å². The summed E-state index contributed by atoms with van der Waals surface area (Å²) in [7, 11) is -2.63. The molecule has 4 nitrogen and oxygen atoms in total. The number of aryl methyl sites for hydroxylation is 1. The Morgan fingerprint density at radius 1 is 1.17 bits per heavy atom. The van der Waals surface area contributed by atoms with Crippen molar-refractivity contribution in [3.63, 3.8) is 0 Å².